The van der Waals surface area contributed by atoms with Gasteiger partial charge >= 0.3 is 0 Å². The van der Waals surface area contributed by atoms with Crippen LogP contribution in [0.15, 0.2) is 42.6 Å². The second kappa shape index (κ2) is 6.96. The number of carbonyl (C=O) groups excluding carboxylic acids is 1. The van der Waals surface area contributed by atoms with Crippen molar-refractivity contribution in [2.75, 3.05) is 19.6 Å². The molecule has 1 aromatic heterocycles. The van der Waals surface area contributed by atoms with Crippen LogP contribution in [0.2, 0.25) is 0 Å². The molecule has 1 atom stereocenters. The lowest BCUT2D eigenvalue weighted by molar-refractivity contribution is -0.133. The topological polar surface area (TPSA) is 64.2 Å². The molecule has 0 spiro atoms. The maximum atomic E-state index is 12.8. The van der Waals surface area contributed by atoms with Crippen LogP contribution in [0.4, 0.5) is 0 Å². The zero-order valence-corrected chi connectivity index (χ0v) is 13.6. The average Bonchev–Trinajstić information content (AvgIpc) is 3.02. The first-order valence-corrected chi connectivity index (χ1v) is 8.22. The van der Waals surface area contributed by atoms with Crippen molar-refractivity contribution in [3.05, 3.63) is 53.9 Å². The first-order valence-electron chi connectivity index (χ1n) is 8.22. The fourth-order valence-corrected chi connectivity index (χ4v) is 3.47. The molecule has 1 aliphatic heterocycles. The Hall–Kier alpha value is -2.14. The highest BCUT2D eigenvalue weighted by atomic mass is 16.2. The fraction of sp³-hybridized carbons (Fsp3) is 0.444. The molecule has 2 aromatic rings. The van der Waals surface area contributed by atoms with E-state index in [0.29, 0.717) is 12.5 Å². The number of rotatable bonds is 4. The van der Waals surface area contributed by atoms with Gasteiger partial charge in [-0.15, -0.1) is 0 Å². The smallest absolute Gasteiger partial charge is 0.231 e. The van der Waals surface area contributed by atoms with E-state index in [1.807, 2.05) is 53.2 Å². The Labute approximate surface area is 137 Å². The summed E-state index contributed by atoms with van der Waals surface area (Å²) in [5.74, 6) is 0.409. The van der Waals surface area contributed by atoms with E-state index in [1.54, 1.807) is 0 Å². The van der Waals surface area contributed by atoms with E-state index in [0.717, 1.165) is 31.5 Å². The number of hydrogen-bond acceptors (Lipinski definition) is 3. The van der Waals surface area contributed by atoms with E-state index in [-0.39, 0.29) is 11.8 Å². The lowest BCUT2D eigenvalue weighted by Gasteiger charge is -2.34. The van der Waals surface area contributed by atoms with Crippen molar-refractivity contribution in [1.82, 2.24) is 14.7 Å². The number of benzene rings is 1. The van der Waals surface area contributed by atoms with Crippen LogP contribution >= 0.6 is 0 Å². The lowest BCUT2D eigenvalue weighted by atomic mass is 9.91. The van der Waals surface area contributed by atoms with Gasteiger partial charge in [-0.3, -0.25) is 9.48 Å². The summed E-state index contributed by atoms with van der Waals surface area (Å²) < 4.78 is 1.94. The highest BCUT2D eigenvalue weighted by Gasteiger charge is 2.29. The third-order valence-electron chi connectivity index (χ3n) is 4.82. The second-order valence-electron chi connectivity index (χ2n) is 6.18. The van der Waals surface area contributed by atoms with Crippen LogP contribution in [0.5, 0.6) is 0 Å². The summed E-state index contributed by atoms with van der Waals surface area (Å²) >= 11 is 0. The summed E-state index contributed by atoms with van der Waals surface area (Å²) in [5, 5.41) is 4.25. The quantitative estimate of drug-likeness (QED) is 0.937. The van der Waals surface area contributed by atoms with Crippen LogP contribution in [-0.2, 0) is 11.8 Å². The van der Waals surface area contributed by atoms with Crippen LogP contribution in [0, 0.1) is 0 Å². The van der Waals surface area contributed by atoms with E-state index in [4.69, 9.17) is 5.73 Å². The number of nitrogens with two attached hydrogens (primary N) is 1. The molecule has 1 fully saturated rings. The van der Waals surface area contributed by atoms with Gasteiger partial charge < -0.3 is 10.6 Å². The molecule has 0 unspecified atom stereocenters. The summed E-state index contributed by atoms with van der Waals surface area (Å²) in [6.07, 6.45) is 3.81. The molecule has 0 aliphatic carbocycles. The summed E-state index contributed by atoms with van der Waals surface area (Å²) in [7, 11) is 1.98. The normalized spacial score (nSPS) is 17.2. The fourth-order valence-electron chi connectivity index (χ4n) is 3.47. The Morgan fingerprint density at radius 2 is 1.96 bits per heavy atom. The molecular formula is C18H24N4O. The molecule has 1 aliphatic rings. The van der Waals surface area contributed by atoms with Gasteiger partial charge in [0.1, 0.15) is 0 Å². The van der Waals surface area contributed by atoms with Gasteiger partial charge in [0.2, 0.25) is 5.91 Å². The summed E-state index contributed by atoms with van der Waals surface area (Å²) in [6, 6.07) is 11.9. The van der Waals surface area contributed by atoms with Crippen LogP contribution < -0.4 is 5.73 Å². The minimum atomic E-state index is -0.232. The minimum Gasteiger partial charge on any atom is -0.342 e. The van der Waals surface area contributed by atoms with Crippen molar-refractivity contribution in [3.63, 3.8) is 0 Å². The van der Waals surface area contributed by atoms with Gasteiger partial charge in [-0.25, -0.2) is 0 Å². The predicted molar refractivity (Wildman–Crippen MR) is 90.0 cm³/mol. The second-order valence-corrected chi connectivity index (χ2v) is 6.18. The van der Waals surface area contributed by atoms with E-state index in [2.05, 4.69) is 11.2 Å². The van der Waals surface area contributed by atoms with Crippen molar-refractivity contribution in [2.45, 2.75) is 24.7 Å². The molecule has 0 bridgehead atoms. The molecule has 5 heteroatoms. The maximum Gasteiger partial charge on any atom is 0.231 e. The third kappa shape index (κ3) is 3.29. The number of nitrogens with zero attached hydrogens (tertiary/aromatic N) is 3. The van der Waals surface area contributed by atoms with Crippen LogP contribution in [0.1, 0.15) is 35.9 Å². The molecule has 0 radical (unpaired) electrons. The molecule has 0 saturated carbocycles. The molecule has 1 aromatic carbocycles. The van der Waals surface area contributed by atoms with E-state index in [9.17, 15) is 4.79 Å². The van der Waals surface area contributed by atoms with Crippen molar-refractivity contribution in [2.24, 2.45) is 12.8 Å². The first-order chi connectivity index (χ1) is 11.2. The minimum absolute atomic E-state index is 0.155. The van der Waals surface area contributed by atoms with Gasteiger partial charge in [0.15, 0.2) is 0 Å². The first kappa shape index (κ1) is 15.7. The van der Waals surface area contributed by atoms with Crippen LogP contribution in [0.25, 0.3) is 0 Å². The highest BCUT2D eigenvalue weighted by molar-refractivity contribution is 5.84. The van der Waals surface area contributed by atoms with Gasteiger partial charge in [0.05, 0.1) is 5.92 Å². The molecule has 122 valence electrons. The van der Waals surface area contributed by atoms with Crippen molar-refractivity contribution < 1.29 is 4.79 Å². The highest BCUT2D eigenvalue weighted by Crippen LogP contribution is 2.29. The molecule has 2 heterocycles. The summed E-state index contributed by atoms with van der Waals surface area (Å²) in [6.45, 7) is 1.93. The lowest BCUT2D eigenvalue weighted by Crippen LogP contribution is -2.42. The largest absolute Gasteiger partial charge is 0.342 e. The number of carbonyl (C=O) groups is 1. The number of aromatic nitrogens is 2. The van der Waals surface area contributed by atoms with Crippen molar-refractivity contribution >= 4 is 5.91 Å². The summed E-state index contributed by atoms with van der Waals surface area (Å²) in [4.78, 5) is 14.8. The molecule has 2 N–H and O–H groups in total. The SMILES string of the molecule is Cn1nccc1C1CCN(C(=O)[C@H](CN)c2ccccc2)CC1. The molecule has 5 nitrogen and oxygen atoms in total. The van der Waals surface area contributed by atoms with E-state index < -0.39 is 0 Å². The Bertz CT molecular complexity index is 644. The molecule has 1 saturated heterocycles. The van der Waals surface area contributed by atoms with Gasteiger partial charge in [0.25, 0.3) is 0 Å². The number of aryl methyl sites for hydroxylation is 1. The van der Waals surface area contributed by atoms with Crippen LogP contribution in [-0.4, -0.2) is 40.2 Å². The Kier molecular flexibility index (Phi) is 4.76. The number of likely N-dealkylation sites (tertiary alicyclic amines) is 1. The Morgan fingerprint density at radius 3 is 2.52 bits per heavy atom. The third-order valence-corrected chi connectivity index (χ3v) is 4.82. The zero-order valence-electron chi connectivity index (χ0n) is 13.6. The predicted octanol–water partition coefficient (Wildman–Crippen LogP) is 1.87. The van der Waals surface area contributed by atoms with Crippen LogP contribution in [0.3, 0.4) is 0 Å². The zero-order chi connectivity index (χ0) is 16.2. The van der Waals surface area contributed by atoms with Gasteiger partial charge in [-0.2, -0.15) is 5.10 Å². The number of amides is 1. The maximum absolute atomic E-state index is 12.8. The van der Waals surface area contributed by atoms with Gasteiger partial charge in [-0.1, -0.05) is 30.3 Å². The van der Waals surface area contributed by atoms with Gasteiger partial charge in [-0.05, 0) is 24.5 Å². The summed E-state index contributed by atoms with van der Waals surface area (Å²) in [5.41, 5.74) is 8.15. The van der Waals surface area contributed by atoms with Crippen molar-refractivity contribution in [1.29, 1.82) is 0 Å². The standard InChI is InChI=1S/C18H24N4O/c1-21-17(7-10-20-21)15-8-11-22(12-9-15)18(23)16(13-19)14-5-3-2-4-6-14/h2-7,10,15-16H,8-9,11-13,19H2,1H3/t16-/m1/s1. The molecule has 1 amide bonds. The number of piperidine rings is 1. The monoisotopic (exact) mass is 312 g/mol. The molecule has 3 rings (SSSR count). The van der Waals surface area contributed by atoms with E-state index in [1.165, 1.54) is 5.69 Å². The van der Waals surface area contributed by atoms with Gasteiger partial charge in [0, 0.05) is 44.5 Å². The van der Waals surface area contributed by atoms with Crippen molar-refractivity contribution in [3.8, 4) is 0 Å². The molecular weight excluding hydrogens is 288 g/mol. The molecule has 23 heavy (non-hydrogen) atoms. The Morgan fingerprint density at radius 1 is 1.26 bits per heavy atom. The number of hydrogen-bond donors (Lipinski definition) is 1. The Balaban J connectivity index is 1.65. The average molecular weight is 312 g/mol. The van der Waals surface area contributed by atoms with E-state index >= 15 is 0 Å².